The van der Waals surface area contributed by atoms with E-state index in [2.05, 4.69) is 61.0 Å². The molecule has 0 aliphatic rings. The summed E-state index contributed by atoms with van der Waals surface area (Å²) >= 11 is 0. The summed E-state index contributed by atoms with van der Waals surface area (Å²) < 4.78 is 2.24. The maximum absolute atomic E-state index is 12.9. The Morgan fingerprint density at radius 2 is 1.79 bits per heavy atom. The molecule has 2 aromatic rings. The Morgan fingerprint density at radius 3 is 2.38 bits per heavy atom. The maximum Gasteiger partial charge on any atom is 0.228 e. The molecule has 0 aliphatic carbocycles. The van der Waals surface area contributed by atoms with Gasteiger partial charge in [-0.25, -0.2) is 0 Å². The van der Waals surface area contributed by atoms with Crippen LogP contribution in [0.5, 0.6) is 0 Å². The fourth-order valence-electron chi connectivity index (χ4n) is 2.78. The van der Waals surface area contributed by atoms with E-state index in [0.29, 0.717) is 6.54 Å². The van der Waals surface area contributed by atoms with E-state index < -0.39 is 0 Å². The number of amides is 1. The minimum atomic E-state index is -0.361. The van der Waals surface area contributed by atoms with Crippen molar-refractivity contribution in [1.82, 2.24) is 9.47 Å². The minimum Gasteiger partial charge on any atom is -0.345 e. The number of carbonyl (C=O) groups excluding carboxylic acids is 1. The average Bonchev–Trinajstić information content (AvgIpc) is 2.98. The SMILES string of the molecule is CCC(C)N(Cc1cccn1Cc1ccccc1)C(=O)C(C)(C)C. The van der Waals surface area contributed by atoms with Crippen LogP contribution in [-0.2, 0) is 17.9 Å². The number of aromatic nitrogens is 1. The first-order chi connectivity index (χ1) is 11.3. The number of hydrogen-bond acceptors (Lipinski definition) is 1. The molecule has 1 aromatic heterocycles. The molecule has 3 nitrogen and oxygen atoms in total. The van der Waals surface area contributed by atoms with E-state index >= 15 is 0 Å². The van der Waals surface area contributed by atoms with Crippen molar-refractivity contribution >= 4 is 5.91 Å². The summed E-state index contributed by atoms with van der Waals surface area (Å²) in [6, 6.07) is 14.8. The van der Waals surface area contributed by atoms with E-state index in [0.717, 1.165) is 13.0 Å². The van der Waals surface area contributed by atoms with E-state index in [1.165, 1.54) is 11.3 Å². The van der Waals surface area contributed by atoms with Crippen molar-refractivity contribution in [2.75, 3.05) is 0 Å². The highest BCUT2D eigenvalue weighted by Gasteiger charge is 2.30. The molecule has 0 saturated carbocycles. The smallest absolute Gasteiger partial charge is 0.228 e. The van der Waals surface area contributed by atoms with E-state index in [4.69, 9.17) is 0 Å². The molecule has 1 aromatic carbocycles. The van der Waals surface area contributed by atoms with E-state index in [1.807, 2.05) is 31.7 Å². The summed E-state index contributed by atoms with van der Waals surface area (Å²) in [5.41, 5.74) is 2.09. The van der Waals surface area contributed by atoms with E-state index in [1.54, 1.807) is 0 Å². The van der Waals surface area contributed by atoms with Crippen molar-refractivity contribution in [2.24, 2.45) is 5.41 Å². The quantitative estimate of drug-likeness (QED) is 0.754. The van der Waals surface area contributed by atoms with Crippen LogP contribution < -0.4 is 0 Å². The zero-order valence-corrected chi connectivity index (χ0v) is 15.6. The van der Waals surface area contributed by atoms with E-state index in [-0.39, 0.29) is 17.4 Å². The Bertz CT molecular complexity index is 652. The van der Waals surface area contributed by atoms with Gasteiger partial charge in [-0.1, -0.05) is 58.0 Å². The highest BCUT2D eigenvalue weighted by atomic mass is 16.2. The normalized spacial score (nSPS) is 12.9. The van der Waals surface area contributed by atoms with Crippen molar-refractivity contribution < 1.29 is 4.79 Å². The van der Waals surface area contributed by atoms with Crippen molar-refractivity contribution in [3.8, 4) is 0 Å². The second kappa shape index (κ2) is 7.69. The topological polar surface area (TPSA) is 25.2 Å². The fourth-order valence-corrected chi connectivity index (χ4v) is 2.78. The molecule has 0 radical (unpaired) electrons. The molecule has 1 atom stereocenters. The van der Waals surface area contributed by atoms with Gasteiger partial charge in [0.1, 0.15) is 0 Å². The Morgan fingerprint density at radius 1 is 1.12 bits per heavy atom. The second-order valence-electron chi connectivity index (χ2n) is 7.55. The first-order valence-electron chi connectivity index (χ1n) is 8.82. The molecule has 0 bridgehead atoms. The standard InChI is InChI=1S/C21H30N2O/c1-6-17(2)23(20(24)21(3,4)5)16-19-13-10-14-22(19)15-18-11-8-7-9-12-18/h7-14,17H,6,15-16H2,1-5H3. The predicted octanol–water partition coefficient (Wildman–Crippen LogP) is 4.71. The van der Waals surface area contributed by atoms with Crippen molar-refractivity contribution in [3.05, 3.63) is 59.9 Å². The summed E-state index contributed by atoms with van der Waals surface area (Å²) in [7, 11) is 0. The fraction of sp³-hybridized carbons (Fsp3) is 0.476. The van der Waals surface area contributed by atoms with Crippen LogP contribution in [0.25, 0.3) is 0 Å². The van der Waals surface area contributed by atoms with Gasteiger partial charge in [-0.05, 0) is 31.0 Å². The number of nitrogens with zero attached hydrogens (tertiary/aromatic N) is 2. The van der Waals surface area contributed by atoms with Crippen LogP contribution in [0.2, 0.25) is 0 Å². The molecular formula is C21H30N2O. The predicted molar refractivity (Wildman–Crippen MR) is 99.7 cm³/mol. The van der Waals surface area contributed by atoms with Gasteiger partial charge in [0.2, 0.25) is 5.91 Å². The number of rotatable bonds is 6. The summed E-state index contributed by atoms with van der Waals surface area (Å²) in [6.07, 6.45) is 3.06. The molecule has 24 heavy (non-hydrogen) atoms. The highest BCUT2D eigenvalue weighted by Crippen LogP contribution is 2.22. The van der Waals surface area contributed by atoms with Gasteiger partial charge in [0.05, 0.1) is 6.54 Å². The molecule has 130 valence electrons. The molecule has 0 N–H and O–H groups in total. The summed E-state index contributed by atoms with van der Waals surface area (Å²) in [5, 5.41) is 0. The minimum absolute atomic E-state index is 0.212. The van der Waals surface area contributed by atoms with Gasteiger partial charge in [0.25, 0.3) is 0 Å². The molecule has 0 saturated heterocycles. The van der Waals surface area contributed by atoms with Crippen molar-refractivity contribution in [1.29, 1.82) is 0 Å². The van der Waals surface area contributed by atoms with Crippen LogP contribution >= 0.6 is 0 Å². The van der Waals surface area contributed by atoms with Crippen LogP contribution in [0.1, 0.15) is 52.3 Å². The third kappa shape index (κ3) is 4.50. The summed E-state index contributed by atoms with van der Waals surface area (Å²) in [4.78, 5) is 14.9. The Labute approximate surface area is 146 Å². The lowest BCUT2D eigenvalue weighted by Gasteiger charge is -2.34. The average molecular weight is 326 g/mol. The van der Waals surface area contributed by atoms with Crippen molar-refractivity contribution in [3.63, 3.8) is 0 Å². The summed E-state index contributed by atoms with van der Waals surface area (Å²) in [5.74, 6) is 0.212. The Balaban J connectivity index is 2.21. The molecule has 1 heterocycles. The third-order valence-electron chi connectivity index (χ3n) is 4.48. The largest absolute Gasteiger partial charge is 0.345 e. The van der Waals surface area contributed by atoms with Crippen LogP contribution in [0.4, 0.5) is 0 Å². The molecule has 0 fully saturated rings. The first-order valence-corrected chi connectivity index (χ1v) is 8.82. The molecule has 3 heteroatoms. The lowest BCUT2D eigenvalue weighted by Crippen LogP contribution is -2.44. The Hall–Kier alpha value is -2.03. The van der Waals surface area contributed by atoms with Gasteiger partial charge in [-0.2, -0.15) is 0 Å². The van der Waals surface area contributed by atoms with E-state index in [9.17, 15) is 4.79 Å². The Kier molecular flexibility index (Phi) is 5.87. The number of benzene rings is 1. The van der Waals surface area contributed by atoms with Crippen LogP contribution in [0, 0.1) is 5.41 Å². The monoisotopic (exact) mass is 326 g/mol. The first kappa shape index (κ1) is 18.3. The van der Waals surface area contributed by atoms with Crippen LogP contribution in [-0.4, -0.2) is 21.4 Å². The molecule has 0 spiro atoms. The van der Waals surface area contributed by atoms with Gasteiger partial charge in [0, 0.05) is 29.9 Å². The van der Waals surface area contributed by atoms with Gasteiger partial charge in [-0.15, -0.1) is 0 Å². The zero-order valence-electron chi connectivity index (χ0n) is 15.6. The zero-order chi connectivity index (χ0) is 17.7. The lowest BCUT2D eigenvalue weighted by atomic mass is 9.93. The van der Waals surface area contributed by atoms with Gasteiger partial charge in [0.15, 0.2) is 0 Å². The van der Waals surface area contributed by atoms with Gasteiger partial charge >= 0.3 is 0 Å². The molecule has 2 rings (SSSR count). The van der Waals surface area contributed by atoms with Gasteiger partial charge < -0.3 is 9.47 Å². The molecular weight excluding hydrogens is 296 g/mol. The third-order valence-corrected chi connectivity index (χ3v) is 4.48. The molecule has 1 unspecified atom stereocenters. The van der Waals surface area contributed by atoms with Crippen LogP contribution in [0.15, 0.2) is 48.7 Å². The number of carbonyl (C=O) groups is 1. The van der Waals surface area contributed by atoms with Gasteiger partial charge in [-0.3, -0.25) is 4.79 Å². The molecule has 1 amide bonds. The molecule has 0 aliphatic heterocycles. The number of hydrogen-bond donors (Lipinski definition) is 0. The second-order valence-corrected chi connectivity index (χ2v) is 7.55. The maximum atomic E-state index is 12.9. The summed E-state index contributed by atoms with van der Waals surface area (Å²) in [6.45, 7) is 11.7. The van der Waals surface area contributed by atoms with Crippen LogP contribution in [0.3, 0.4) is 0 Å². The highest BCUT2D eigenvalue weighted by molar-refractivity contribution is 5.81. The lowest BCUT2D eigenvalue weighted by molar-refractivity contribution is -0.142. The van der Waals surface area contributed by atoms with Crippen molar-refractivity contribution in [2.45, 2.75) is 60.2 Å².